The van der Waals surface area contributed by atoms with Crippen molar-refractivity contribution in [3.05, 3.63) is 109 Å². The SMILES string of the molecule is C=CCN(/C(=N\C(=O)OCc1ccccc1)NC(=O)OCc1ccccc1)c1ccc(OC)cc1. The van der Waals surface area contributed by atoms with Crippen LogP contribution in [0.2, 0.25) is 0 Å². The number of amides is 2. The summed E-state index contributed by atoms with van der Waals surface area (Å²) in [7, 11) is 1.57. The van der Waals surface area contributed by atoms with E-state index in [0.717, 1.165) is 11.1 Å². The number of nitrogens with one attached hydrogen (secondary N) is 1. The third-order valence-electron chi connectivity index (χ3n) is 4.78. The van der Waals surface area contributed by atoms with Crippen LogP contribution in [0.5, 0.6) is 5.75 Å². The van der Waals surface area contributed by atoms with Crippen molar-refractivity contribution in [1.82, 2.24) is 5.32 Å². The lowest BCUT2D eigenvalue weighted by molar-refractivity contribution is 0.144. The number of ether oxygens (including phenoxy) is 3. The van der Waals surface area contributed by atoms with Crippen LogP contribution in [-0.2, 0) is 22.7 Å². The Hall–Kier alpha value is -4.59. The van der Waals surface area contributed by atoms with Crippen molar-refractivity contribution >= 4 is 23.8 Å². The van der Waals surface area contributed by atoms with Crippen LogP contribution < -0.4 is 15.0 Å². The van der Waals surface area contributed by atoms with Crippen LogP contribution in [0.3, 0.4) is 0 Å². The Morgan fingerprint density at radius 2 is 1.46 bits per heavy atom. The highest BCUT2D eigenvalue weighted by atomic mass is 16.6. The van der Waals surface area contributed by atoms with Gasteiger partial charge in [0, 0.05) is 12.2 Å². The molecule has 0 aromatic heterocycles. The molecular formula is C27H27N3O5. The molecule has 8 nitrogen and oxygen atoms in total. The maximum atomic E-state index is 12.6. The van der Waals surface area contributed by atoms with Crippen LogP contribution in [0.4, 0.5) is 15.3 Å². The van der Waals surface area contributed by atoms with Gasteiger partial charge < -0.3 is 19.1 Å². The lowest BCUT2D eigenvalue weighted by atomic mass is 10.2. The first kappa shape index (κ1) is 25.0. The molecule has 0 atom stereocenters. The first-order chi connectivity index (χ1) is 17.1. The fourth-order valence-electron chi connectivity index (χ4n) is 3.05. The van der Waals surface area contributed by atoms with Gasteiger partial charge in [0.25, 0.3) is 0 Å². The average molecular weight is 474 g/mol. The van der Waals surface area contributed by atoms with Gasteiger partial charge in [0.2, 0.25) is 5.96 Å². The second kappa shape index (κ2) is 13.2. The molecule has 0 bridgehead atoms. The Labute approximate surface area is 204 Å². The first-order valence-corrected chi connectivity index (χ1v) is 10.9. The molecule has 3 aromatic rings. The number of nitrogens with zero attached hydrogens (tertiary/aromatic N) is 2. The third-order valence-corrected chi connectivity index (χ3v) is 4.78. The van der Waals surface area contributed by atoms with Crippen molar-refractivity contribution in [2.24, 2.45) is 4.99 Å². The smallest absolute Gasteiger partial charge is 0.437 e. The molecule has 1 N–H and O–H groups in total. The lowest BCUT2D eigenvalue weighted by Crippen LogP contribution is -2.45. The highest BCUT2D eigenvalue weighted by molar-refractivity contribution is 6.07. The van der Waals surface area contributed by atoms with Gasteiger partial charge in [0.05, 0.1) is 7.11 Å². The molecule has 0 fully saturated rings. The van der Waals surface area contributed by atoms with Crippen LogP contribution in [0.1, 0.15) is 11.1 Å². The molecule has 3 aromatic carbocycles. The Balaban J connectivity index is 1.80. The number of methoxy groups -OCH3 is 1. The van der Waals surface area contributed by atoms with Crippen LogP contribution in [0.25, 0.3) is 0 Å². The van der Waals surface area contributed by atoms with Gasteiger partial charge in [-0.15, -0.1) is 11.6 Å². The number of hydrogen-bond donors (Lipinski definition) is 1. The summed E-state index contributed by atoms with van der Waals surface area (Å²) in [5, 5.41) is 2.56. The van der Waals surface area contributed by atoms with E-state index in [1.165, 1.54) is 0 Å². The Bertz CT molecular complexity index is 1130. The van der Waals surface area contributed by atoms with Crippen LogP contribution >= 0.6 is 0 Å². The van der Waals surface area contributed by atoms with Gasteiger partial charge >= 0.3 is 12.2 Å². The van der Waals surface area contributed by atoms with E-state index in [4.69, 9.17) is 14.2 Å². The summed E-state index contributed by atoms with van der Waals surface area (Å²) in [6, 6.07) is 25.5. The standard InChI is InChI=1S/C27H27N3O5/c1-3-18-30(23-14-16-24(33-2)17-15-23)25(28-26(31)34-19-21-10-6-4-7-11-21)29-27(32)35-20-22-12-8-5-9-13-22/h3-17H,1,18-20H2,2H3,(H,28,29,31,32). The van der Waals surface area contributed by atoms with Gasteiger partial charge in [0.1, 0.15) is 19.0 Å². The Morgan fingerprint density at radius 1 is 0.886 bits per heavy atom. The van der Waals surface area contributed by atoms with Gasteiger partial charge in [-0.25, -0.2) is 9.59 Å². The zero-order chi connectivity index (χ0) is 24.9. The Kier molecular flexibility index (Phi) is 9.44. The minimum absolute atomic E-state index is 0.0406. The molecule has 0 aliphatic rings. The number of alkyl carbamates (subject to hydrolysis) is 1. The van der Waals surface area contributed by atoms with E-state index in [-0.39, 0.29) is 25.7 Å². The summed E-state index contributed by atoms with van der Waals surface area (Å²) in [5.74, 6) is 0.592. The maximum Gasteiger partial charge on any atom is 0.437 e. The molecule has 0 saturated heterocycles. The maximum absolute atomic E-state index is 12.6. The summed E-state index contributed by atoms with van der Waals surface area (Å²) in [6.45, 7) is 4.12. The molecule has 35 heavy (non-hydrogen) atoms. The van der Waals surface area contributed by atoms with E-state index in [0.29, 0.717) is 11.4 Å². The summed E-state index contributed by atoms with van der Waals surface area (Å²) in [5.41, 5.74) is 2.27. The predicted molar refractivity (Wildman–Crippen MR) is 134 cm³/mol. The first-order valence-electron chi connectivity index (χ1n) is 10.9. The summed E-state index contributed by atoms with van der Waals surface area (Å²) in [4.78, 5) is 30.8. The molecule has 0 aliphatic heterocycles. The zero-order valence-corrected chi connectivity index (χ0v) is 19.4. The van der Waals surface area contributed by atoms with E-state index in [1.807, 2.05) is 60.7 Å². The molecule has 0 aliphatic carbocycles. The van der Waals surface area contributed by atoms with E-state index >= 15 is 0 Å². The molecule has 8 heteroatoms. The van der Waals surface area contributed by atoms with Crippen LogP contribution in [-0.4, -0.2) is 31.8 Å². The van der Waals surface area contributed by atoms with Crippen molar-refractivity contribution < 1.29 is 23.8 Å². The molecule has 3 rings (SSSR count). The number of aliphatic imine (C=N–C) groups is 1. The van der Waals surface area contributed by atoms with E-state index < -0.39 is 12.2 Å². The molecule has 180 valence electrons. The predicted octanol–water partition coefficient (Wildman–Crippen LogP) is 5.31. The van der Waals surface area contributed by atoms with Gasteiger partial charge in [-0.05, 0) is 35.4 Å². The molecule has 0 heterocycles. The molecule has 2 amide bonds. The quantitative estimate of drug-likeness (QED) is 0.271. The monoisotopic (exact) mass is 473 g/mol. The highest BCUT2D eigenvalue weighted by Gasteiger charge is 2.19. The van der Waals surface area contributed by atoms with Gasteiger partial charge in [0.15, 0.2) is 0 Å². The van der Waals surface area contributed by atoms with Crippen molar-refractivity contribution in [3.63, 3.8) is 0 Å². The van der Waals surface area contributed by atoms with Gasteiger partial charge in [-0.2, -0.15) is 0 Å². The normalized spacial score (nSPS) is 10.7. The third kappa shape index (κ3) is 8.04. The second-order valence-corrected chi connectivity index (χ2v) is 7.26. The molecule has 0 radical (unpaired) electrons. The highest BCUT2D eigenvalue weighted by Crippen LogP contribution is 2.20. The van der Waals surface area contributed by atoms with E-state index in [2.05, 4.69) is 16.9 Å². The number of carbonyl (C=O) groups excluding carboxylic acids is 2. The zero-order valence-electron chi connectivity index (χ0n) is 19.4. The van der Waals surface area contributed by atoms with E-state index in [1.54, 1.807) is 42.4 Å². The molecule has 0 saturated carbocycles. The van der Waals surface area contributed by atoms with Crippen molar-refractivity contribution in [3.8, 4) is 5.75 Å². The van der Waals surface area contributed by atoms with Crippen LogP contribution in [0.15, 0.2) is 103 Å². The number of hydrogen-bond acceptors (Lipinski definition) is 5. The number of anilines is 1. The number of benzene rings is 3. The van der Waals surface area contributed by atoms with E-state index in [9.17, 15) is 9.59 Å². The second-order valence-electron chi connectivity index (χ2n) is 7.26. The number of rotatable bonds is 8. The molecule has 0 spiro atoms. The lowest BCUT2D eigenvalue weighted by Gasteiger charge is -2.25. The summed E-state index contributed by atoms with van der Waals surface area (Å²) < 4.78 is 15.8. The number of guanidine groups is 1. The van der Waals surface area contributed by atoms with Crippen molar-refractivity contribution in [1.29, 1.82) is 0 Å². The van der Waals surface area contributed by atoms with Gasteiger partial charge in [-0.3, -0.25) is 5.32 Å². The van der Waals surface area contributed by atoms with Crippen molar-refractivity contribution in [2.45, 2.75) is 13.2 Å². The Morgan fingerprint density at radius 3 is 2.00 bits per heavy atom. The average Bonchev–Trinajstić information content (AvgIpc) is 2.90. The molecular weight excluding hydrogens is 446 g/mol. The van der Waals surface area contributed by atoms with Crippen LogP contribution in [0, 0.1) is 0 Å². The topological polar surface area (TPSA) is 89.5 Å². The molecule has 0 unspecified atom stereocenters. The fourth-order valence-corrected chi connectivity index (χ4v) is 3.05. The number of carbonyl (C=O) groups is 2. The largest absolute Gasteiger partial charge is 0.497 e. The summed E-state index contributed by atoms with van der Waals surface area (Å²) >= 11 is 0. The fraction of sp³-hybridized carbons (Fsp3) is 0.148. The minimum Gasteiger partial charge on any atom is -0.497 e. The van der Waals surface area contributed by atoms with Gasteiger partial charge in [-0.1, -0.05) is 66.7 Å². The van der Waals surface area contributed by atoms with Crippen molar-refractivity contribution in [2.75, 3.05) is 18.6 Å². The summed E-state index contributed by atoms with van der Waals surface area (Å²) in [6.07, 6.45) is -0.0210. The minimum atomic E-state index is -0.866.